The number of carbonyl (C=O) groups excluding carboxylic acids is 1. The van der Waals surface area contributed by atoms with Gasteiger partial charge in [-0.2, -0.15) is 0 Å². The molecule has 2 aliphatic rings. The van der Waals surface area contributed by atoms with Crippen LogP contribution in [0.5, 0.6) is 0 Å². The predicted octanol–water partition coefficient (Wildman–Crippen LogP) is 0.606. The normalized spacial score (nSPS) is 28.9. The fourth-order valence-electron chi connectivity index (χ4n) is 1.81. The van der Waals surface area contributed by atoms with Crippen LogP contribution in [0.3, 0.4) is 0 Å². The van der Waals surface area contributed by atoms with E-state index in [0.717, 1.165) is 0 Å². The maximum atomic E-state index is 11.7. The van der Waals surface area contributed by atoms with E-state index in [-0.39, 0.29) is 18.2 Å². The third kappa shape index (κ3) is 2.22. The number of likely N-dealkylation sites (tertiary alicyclic amines) is 1. The number of carbonyl (C=O) groups is 1. The van der Waals surface area contributed by atoms with Crippen molar-refractivity contribution in [2.75, 3.05) is 13.1 Å². The molecule has 2 heterocycles. The van der Waals surface area contributed by atoms with Gasteiger partial charge in [0.1, 0.15) is 5.60 Å². The van der Waals surface area contributed by atoms with Gasteiger partial charge in [-0.3, -0.25) is 4.99 Å². The minimum absolute atomic E-state index is 0.206. The Kier molecular flexibility index (Phi) is 2.32. The number of ether oxygens (including phenoxy) is 1. The van der Waals surface area contributed by atoms with Gasteiger partial charge in [-0.15, -0.1) is 0 Å². The molecule has 0 spiro atoms. The summed E-state index contributed by atoms with van der Waals surface area (Å²) in [5.41, 5.74) is -0.425. The summed E-state index contributed by atoms with van der Waals surface area (Å²) in [5, 5.41) is 3.13. The number of amides is 1. The Morgan fingerprint density at radius 2 is 2.27 bits per heavy atom. The number of hydrogen-bond acceptors (Lipinski definition) is 4. The van der Waals surface area contributed by atoms with E-state index in [1.54, 1.807) is 11.2 Å². The number of nitrogens with zero attached hydrogens (tertiary/aromatic N) is 2. The summed E-state index contributed by atoms with van der Waals surface area (Å²) in [4.78, 5) is 17.7. The van der Waals surface area contributed by atoms with Gasteiger partial charge in [0.05, 0.1) is 18.4 Å². The van der Waals surface area contributed by atoms with Crippen LogP contribution in [0.4, 0.5) is 4.79 Å². The second kappa shape index (κ2) is 3.40. The van der Waals surface area contributed by atoms with Crippen molar-refractivity contribution in [2.24, 2.45) is 4.99 Å². The summed E-state index contributed by atoms with van der Waals surface area (Å²) in [6, 6.07) is 0.482. The van der Waals surface area contributed by atoms with E-state index in [1.165, 1.54) is 0 Å². The summed E-state index contributed by atoms with van der Waals surface area (Å²) in [6.45, 7) is 6.96. The second-order valence-corrected chi connectivity index (χ2v) is 5.00. The molecule has 2 unspecified atom stereocenters. The first-order valence-electron chi connectivity index (χ1n) is 5.21. The van der Waals surface area contributed by atoms with Crippen molar-refractivity contribution in [3.8, 4) is 0 Å². The lowest BCUT2D eigenvalue weighted by molar-refractivity contribution is 0.0289. The zero-order valence-electron chi connectivity index (χ0n) is 9.36. The van der Waals surface area contributed by atoms with Gasteiger partial charge in [-0.25, -0.2) is 4.79 Å². The highest BCUT2D eigenvalue weighted by atomic mass is 16.6. The van der Waals surface area contributed by atoms with Crippen LogP contribution in [0.1, 0.15) is 20.8 Å². The smallest absolute Gasteiger partial charge is 0.410 e. The first kappa shape index (κ1) is 10.3. The molecule has 0 saturated carbocycles. The Hall–Kier alpha value is -1.26. The molecule has 0 aromatic carbocycles. The molecule has 0 aliphatic carbocycles. The molecule has 15 heavy (non-hydrogen) atoms. The average Bonchev–Trinajstić information content (AvgIpc) is 2.56. The molecule has 2 atom stereocenters. The topological polar surface area (TPSA) is 53.9 Å². The zero-order chi connectivity index (χ0) is 11.1. The Bertz CT molecular complexity index is 296. The van der Waals surface area contributed by atoms with Crippen LogP contribution in [0.2, 0.25) is 0 Å². The minimum Gasteiger partial charge on any atom is -0.444 e. The Balaban J connectivity index is 1.91. The van der Waals surface area contributed by atoms with Crippen molar-refractivity contribution < 1.29 is 9.53 Å². The summed E-state index contributed by atoms with van der Waals surface area (Å²) in [5.74, 6) is 0. The highest BCUT2D eigenvalue weighted by molar-refractivity contribution is 5.70. The molecule has 2 aliphatic heterocycles. The van der Waals surface area contributed by atoms with E-state index >= 15 is 0 Å². The van der Waals surface area contributed by atoms with Crippen molar-refractivity contribution in [1.82, 2.24) is 10.2 Å². The van der Waals surface area contributed by atoms with Gasteiger partial charge in [0.2, 0.25) is 0 Å². The predicted molar refractivity (Wildman–Crippen MR) is 57.0 cm³/mol. The van der Waals surface area contributed by atoms with Crippen LogP contribution in [0.15, 0.2) is 4.99 Å². The lowest BCUT2D eigenvalue weighted by Gasteiger charge is -2.24. The summed E-state index contributed by atoms with van der Waals surface area (Å²) in [7, 11) is 0. The minimum atomic E-state index is -0.425. The van der Waals surface area contributed by atoms with Crippen molar-refractivity contribution in [1.29, 1.82) is 0 Å². The zero-order valence-corrected chi connectivity index (χ0v) is 9.36. The second-order valence-electron chi connectivity index (χ2n) is 5.00. The van der Waals surface area contributed by atoms with E-state index < -0.39 is 5.60 Å². The van der Waals surface area contributed by atoms with E-state index in [2.05, 4.69) is 10.3 Å². The van der Waals surface area contributed by atoms with Crippen LogP contribution in [0, 0.1) is 0 Å². The molecule has 0 aromatic heterocycles. The first-order valence-corrected chi connectivity index (χ1v) is 5.21. The molecule has 0 aromatic rings. The number of aliphatic imine (C=N–C) groups is 1. The van der Waals surface area contributed by atoms with Crippen LogP contribution >= 0.6 is 0 Å². The Labute approximate surface area is 89.5 Å². The molecule has 84 valence electrons. The molecular weight excluding hydrogens is 194 g/mol. The van der Waals surface area contributed by atoms with Crippen LogP contribution < -0.4 is 5.32 Å². The van der Waals surface area contributed by atoms with Gasteiger partial charge in [-0.05, 0) is 20.8 Å². The molecule has 1 N–H and O–H groups in total. The Morgan fingerprint density at radius 1 is 1.53 bits per heavy atom. The fraction of sp³-hybridized carbons (Fsp3) is 0.800. The largest absolute Gasteiger partial charge is 0.444 e. The van der Waals surface area contributed by atoms with E-state index in [9.17, 15) is 4.79 Å². The summed E-state index contributed by atoms with van der Waals surface area (Å²) in [6.07, 6.45) is 1.48. The molecular formula is C10H17N3O2. The maximum Gasteiger partial charge on any atom is 0.410 e. The Morgan fingerprint density at radius 3 is 2.87 bits per heavy atom. The third-order valence-corrected chi connectivity index (χ3v) is 2.50. The summed E-state index contributed by atoms with van der Waals surface area (Å²) < 4.78 is 5.29. The molecule has 0 radical (unpaired) electrons. The molecule has 5 nitrogen and oxygen atoms in total. The summed E-state index contributed by atoms with van der Waals surface area (Å²) >= 11 is 0. The van der Waals surface area contributed by atoms with E-state index in [0.29, 0.717) is 13.1 Å². The average molecular weight is 211 g/mol. The van der Waals surface area contributed by atoms with Crippen molar-refractivity contribution in [3.63, 3.8) is 0 Å². The molecule has 1 amide bonds. The van der Waals surface area contributed by atoms with Gasteiger partial charge in [0, 0.05) is 13.1 Å². The van der Waals surface area contributed by atoms with Crippen molar-refractivity contribution >= 4 is 12.4 Å². The van der Waals surface area contributed by atoms with Crippen molar-refractivity contribution in [2.45, 2.75) is 38.5 Å². The van der Waals surface area contributed by atoms with Gasteiger partial charge in [-0.1, -0.05) is 0 Å². The van der Waals surface area contributed by atoms with E-state index in [4.69, 9.17) is 4.74 Å². The van der Waals surface area contributed by atoms with Gasteiger partial charge < -0.3 is 15.0 Å². The highest BCUT2D eigenvalue weighted by Gasteiger charge is 2.38. The quantitative estimate of drug-likeness (QED) is 0.638. The number of fused-ring (bicyclic) bond motifs is 1. The molecule has 1 saturated heterocycles. The molecule has 5 heteroatoms. The van der Waals surface area contributed by atoms with Crippen molar-refractivity contribution in [3.05, 3.63) is 0 Å². The van der Waals surface area contributed by atoms with E-state index in [1.807, 2.05) is 20.8 Å². The standard InChI is InChI=1S/C10H17N3O2/c1-10(2,3)15-9(14)13-4-7-8(5-13)12-6-11-7/h6-8H,4-5H2,1-3H3,(H,11,12). The maximum absolute atomic E-state index is 11.7. The van der Waals surface area contributed by atoms with Gasteiger partial charge in [0.15, 0.2) is 0 Å². The van der Waals surface area contributed by atoms with Gasteiger partial charge in [0.25, 0.3) is 0 Å². The molecule has 0 bridgehead atoms. The highest BCUT2D eigenvalue weighted by Crippen LogP contribution is 2.19. The fourth-order valence-corrected chi connectivity index (χ4v) is 1.81. The number of hydrogen-bond donors (Lipinski definition) is 1. The van der Waals surface area contributed by atoms with Crippen LogP contribution in [0.25, 0.3) is 0 Å². The molecule has 2 rings (SSSR count). The monoisotopic (exact) mass is 211 g/mol. The van der Waals surface area contributed by atoms with Crippen LogP contribution in [-0.2, 0) is 4.74 Å². The molecule has 1 fully saturated rings. The first-order chi connectivity index (χ1) is 6.96. The SMILES string of the molecule is CC(C)(C)OC(=O)N1CC2N=CNC2C1. The lowest BCUT2D eigenvalue weighted by atomic mass is 10.2. The van der Waals surface area contributed by atoms with Gasteiger partial charge >= 0.3 is 6.09 Å². The number of nitrogens with one attached hydrogen (secondary N) is 1. The van der Waals surface area contributed by atoms with Crippen LogP contribution in [-0.4, -0.2) is 48.1 Å². The lowest BCUT2D eigenvalue weighted by Crippen LogP contribution is -2.37. The number of rotatable bonds is 0. The third-order valence-electron chi connectivity index (χ3n) is 2.50.